The van der Waals surface area contributed by atoms with Crippen molar-refractivity contribution in [1.82, 2.24) is 9.80 Å². The van der Waals surface area contributed by atoms with Crippen LogP contribution in [0, 0.1) is 0 Å². The average molecular weight is 344 g/mol. The molecule has 2 amide bonds. The molecule has 1 heterocycles. The molecule has 1 unspecified atom stereocenters. The lowest BCUT2D eigenvalue weighted by molar-refractivity contribution is -0.224. The Labute approximate surface area is 138 Å². The second-order valence-corrected chi connectivity index (χ2v) is 5.43. The largest absolute Gasteiger partial charge is 0.418 e. The van der Waals surface area contributed by atoms with Crippen LogP contribution in [0.4, 0.5) is 13.2 Å². The molecule has 0 spiro atoms. The molecule has 0 aliphatic carbocycles. The van der Waals surface area contributed by atoms with Gasteiger partial charge in [-0.25, -0.2) is 0 Å². The van der Waals surface area contributed by atoms with E-state index < -0.39 is 24.8 Å². The van der Waals surface area contributed by atoms with Gasteiger partial charge in [0.1, 0.15) is 6.61 Å². The summed E-state index contributed by atoms with van der Waals surface area (Å²) in [6.45, 7) is 2.19. The van der Waals surface area contributed by atoms with Crippen LogP contribution in [0.15, 0.2) is 30.3 Å². The third-order valence-corrected chi connectivity index (χ3v) is 3.83. The quantitative estimate of drug-likeness (QED) is 0.821. The van der Waals surface area contributed by atoms with Gasteiger partial charge >= 0.3 is 6.18 Å². The summed E-state index contributed by atoms with van der Waals surface area (Å²) < 4.78 is 44.3. The fourth-order valence-electron chi connectivity index (χ4n) is 2.51. The van der Waals surface area contributed by atoms with E-state index in [1.54, 1.807) is 11.0 Å². The van der Waals surface area contributed by atoms with Crippen LogP contribution >= 0.6 is 0 Å². The molecule has 24 heavy (non-hydrogen) atoms. The molecule has 0 aromatic heterocycles. The number of amides is 2. The fraction of sp³-hybridized carbons (Fsp3) is 0.500. The number of nitrogens with zero attached hydrogens (tertiary/aromatic N) is 2. The number of halogens is 3. The first-order chi connectivity index (χ1) is 11.3. The van der Waals surface area contributed by atoms with Crippen molar-refractivity contribution in [3.63, 3.8) is 0 Å². The Morgan fingerprint density at radius 2 is 1.92 bits per heavy atom. The highest BCUT2D eigenvalue weighted by Crippen LogP contribution is 2.35. The van der Waals surface area contributed by atoms with Crippen LogP contribution in [-0.4, -0.2) is 60.6 Å². The molecular weight excluding hydrogens is 325 g/mol. The lowest BCUT2D eigenvalue weighted by Gasteiger charge is -2.34. The first-order valence-corrected chi connectivity index (χ1v) is 7.61. The maximum atomic E-state index is 13.1. The van der Waals surface area contributed by atoms with Crippen molar-refractivity contribution in [1.29, 1.82) is 0 Å². The number of hydrogen-bond acceptors (Lipinski definition) is 3. The Bertz CT molecular complexity index is 578. The summed E-state index contributed by atoms with van der Waals surface area (Å²) in [7, 11) is 0. The zero-order chi connectivity index (χ0) is 17.7. The van der Waals surface area contributed by atoms with Gasteiger partial charge in [-0.05, 0) is 12.5 Å². The molecule has 1 aromatic rings. The molecule has 8 heteroatoms. The Kier molecular flexibility index (Phi) is 5.82. The maximum absolute atomic E-state index is 13.1. The van der Waals surface area contributed by atoms with Crippen LogP contribution in [0.25, 0.3) is 0 Å². The van der Waals surface area contributed by atoms with Crippen molar-refractivity contribution < 1.29 is 27.5 Å². The summed E-state index contributed by atoms with van der Waals surface area (Å²) in [5, 5.41) is 0. The third-order valence-electron chi connectivity index (χ3n) is 3.83. The first kappa shape index (κ1) is 18.3. The number of carbonyl (C=O) groups is 2. The fourth-order valence-corrected chi connectivity index (χ4v) is 2.51. The normalized spacial score (nSPS) is 17.1. The number of piperazine rings is 1. The molecule has 1 fully saturated rings. The van der Waals surface area contributed by atoms with Crippen LogP contribution in [0.1, 0.15) is 18.6 Å². The predicted molar refractivity (Wildman–Crippen MR) is 80.0 cm³/mol. The summed E-state index contributed by atoms with van der Waals surface area (Å²) in [5.41, 5.74) is -0.0651. The molecule has 0 radical (unpaired) electrons. The van der Waals surface area contributed by atoms with E-state index in [2.05, 4.69) is 0 Å². The molecular formula is C16H19F3N2O3. The minimum atomic E-state index is -4.63. The van der Waals surface area contributed by atoms with Crippen LogP contribution in [0.5, 0.6) is 0 Å². The summed E-state index contributed by atoms with van der Waals surface area (Å²) in [5.74, 6) is -0.836. The third kappa shape index (κ3) is 4.47. The van der Waals surface area contributed by atoms with Gasteiger partial charge < -0.3 is 14.5 Å². The maximum Gasteiger partial charge on any atom is 0.418 e. The van der Waals surface area contributed by atoms with Gasteiger partial charge in [-0.1, -0.05) is 30.3 Å². The number of carbonyl (C=O) groups excluding carboxylic acids is 2. The van der Waals surface area contributed by atoms with Crippen LogP contribution in [0.3, 0.4) is 0 Å². The molecule has 2 rings (SSSR count). The predicted octanol–water partition coefficient (Wildman–Crippen LogP) is 2.00. The molecule has 1 saturated heterocycles. The standard InChI is InChI=1S/C16H19F3N2O3/c1-2-20-8-9-21(10-13(20)22)14(23)11-24-15(16(17,18)19)12-6-4-3-5-7-12/h3-7,15H,2,8-11H2,1H3. The number of alkyl halides is 3. The van der Waals surface area contributed by atoms with E-state index in [1.165, 1.54) is 29.2 Å². The highest BCUT2D eigenvalue weighted by molar-refractivity contribution is 5.86. The number of ether oxygens (including phenoxy) is 1. The highest BCUT2D eigenvalue weighted by atomic mass is 19.4. The van der Waals surface area contributed by atoms with Gasteiger partial charge in [0.15, 0.2) is 6.10 Å². The average Bonchev–Trinajstić information content (AvgIpc) is 2.54. The molecule has 132 valence electrons. The van der Waals surface area contributed by atoms with Crippen molar-refractivity contribution >= 4 is 11.8 Å². The van der Waals surface area contributed by atoms with Crippen LogP contribution in [0.2, 0.25) is 0 Å². The van der Waals surface area contributed by atoms with Crippen molar-refractivity contribution in [2.45, 2.75) is 19.2 Å². The summed E-state index contributed by atoms with van der Waals surface area (Å²) >= 11 is 0. The second kappa shape index (κ2) is 7.65. The molecule has 1 aliphatic heterocycles. The van der Waals surface area contributed by atoms with E-state index in [9.17, 15) is 22.8 Å². The van der Waals surface area contributed by atoms with Gasteiger partial charge in [0.2, 0.25) is 11.8 Å². The van der Waals surface area contributed by atoms with E-state index in [1.807, 2.05) is 6.92 Å². The topological polar surface area (TPSA) is 49.9 Å². The Morgan fingerprint density at radius 1 is 1.25 bits per heavy atom. The van der Waals surface area contributed by atoms with Gasteiger partial charge in [-0.2, -0.15) is 13.2 Å². The minimum absolute atomic E-state index is 0.0651. The SMILES string of the molecule is CCN1CCN(C(=O)COC(c2ccccc2)C(F)(F)F)CC1=O. The van der Waals surface area contributed by atoms with Crippen molar-refractivity contribution in [2.24, 2.45) is 0 Å². The van der Waals surface area contributed by atoms with Gasteiger partial charge in [0.05, 0.1) is 6.54 Å². The van der Waals surface area contributed by atoms with Gasteiger partial charge in [0.25, 0.3) is 0 Å². The Balaban J connectivity index is 1.97. The van der Waals surface area contributed by atoms with Crippen LogP contribution in [-0.2, 0) is 14.3 Å². The zero-order valence-electron chi connectivity index (χ0n) is 13.3. The molecule has 0 N–H and O–H groups in total. The molecule has 1 aliphatic rings. The number of likely N-dealkylation sites (N-methyl/N-ethyl adjacent to an activating group) is 1. The van der Waals surface area contributed by atoms with E-state index in [0.29, 0.717) is 19.6 Å². The molecule has 1 atom stereocenters. The summed E-state index contributed by atoms with van der Waals surface area (Å²) in [6.07, 6.45) is -6.80. The van der Waals surface area contributed by atoms with Gasteiger partial charge in [-0.15, -0.1) is 0 Å². The number of rotatable bonds is 5. The Morgan fingerprint density at radius 3 is 2.46 bits per heavy atom. The molecule has 5 nitrogen and oxygen atoms in total. The zero-order valence-corrected chi connectivity index (χ0v) is 13.3. The smallest absolute Gasteiger partial charge is 0.354 e. The van der Waals surface area contributed by atoms with Crippen molar-refractivity contribution in [3.05, 3.63) is 35.9 Å². The molecule has 0 saturated carbocycles. The van der Waals surface area contributed by atoms with Crippen molar-refractivity contribution in [3.8, 4) is 0 Å². The minimum Gasteiger partial charge on any atom is -0.354 e. The monoisotopic (exact) mass is 344 g/mol. The van der Waals surface area contributed by atoms with Gasteiger partial charge in [0, 0.05) is 19.6 Å². The summed E-state index contributed by atoms with van der Waals surface area (Å²) in [4.78, 5) is 26.7. The summed E-state index contributed by atoms with van der Waals surface area (Å²) in [6, 6.07) is 7.14. The van der Waals surface area contributed by atoms with E-state index in [-0.39, 0.29) is 18.0 Å². The first-order valence-electron chi connectivity index (χ1n) is 7.61. The number of benzene rings is 1. The molecule has 0 bridgehead atoms. The lowest BCUT2D eigenvalue weighted by Crippen LogP contribution is -2.53. The van der Waals surface area contributed by atoms with E-state index in [4.69, 9.17) is 4.74 Å². The van der Waals surface area contributed by atoms with Crippen LogP contribution < -0.4 is 0 Å². The van der Waals surface area contributed by atoms with Gasteiger partial charge in [-0.3, -0.25) is 9.59 Å². The highest BCUT2D eigenvalue weighted by Gasteiger charge is 2.42. The Hall–Kier alpha value is -2.09. The number of hydrogen-bond donors (Lipinski definition) is 0. The molecule has 1 aromatic carbocycles. The lowest BCUT2D eigenvalue weighted by atomic mass is 10.1. The second-order valence-electron chi connectivity index (χ2n) is 5.43. The van der Waals surface area contributed by atoms with Crippen molar-refractivity contribution in [2.75, 3.05) is 32.8 Å². The van der Waals surface area contributed by atoms with E-state index >= 15 is 0 Å². The van der Waals surface area contributed by atoms with E-state index in [0.717, 1.165) is 0 Å².